The fourth-order valence-corrected chi connectivity index (χ4v) is 4.61. The second-order valence-corrected chi connectivity index (χ2v) is 8.04. The Bertz CT molecular complexity index is 1090. The standard InChI is InChI=1S/C22H23N3O3S/c1-28-17-10-6-7-15(13-17)23-20(26)14-29-22-24-19-12-5-4-11-18(19)21(27)25(22)16-8-2-3-9-16/h4-7,10-13,16H,2-3,8-9,14H2,1H3,(H,23,26). The molecule has 0 aliphatic heterocycles. The third-order valence-electron chi connectivity index (χ3n) is 5.15. The molecule has 3 aromatic rings. The summed E-state index contributed by atoms with van der Waals surface area (Å²) in [5, 5.41) is 4.11. The molecule has 1 fully saturated rings. The fourth-order valence-electron chi connectivity index (χ4n) is 3.74. The van der Waals surface area contributed by atoms with E-state index in [-0.39, 0.29) is 23.3 Å². The second-order valence-electron chi connectivity index (χ2n) is 7.09. The van der Waals surface area contributed by atoms with Crippen molar-refractivity contribution in [3.05, 3.63) is 58.9 Å². The molecule has 7 heteroatoms. The highest BCUT2D eigenvalue weighted by Gasteiger charge is 2.23. The number of hydrogen-bond acceptors (Lipinski definition) is 5. The van der Waals surface area contributed by atoms with Crippen LogP contribution in [0.3, 0.4) is 0 Å². The maximum atomic E-state index is 13.1. The molecule has 2 aromatic carbocycles. The minimum atomic E-state index is -0.149. The number of nitrogens with zero attached hydrogens (tertiary/aromatic N) is 2. The van der Waals surface area contributed by atoms with Crippen LogP contribution < -0.4 is 15.6 Å². The van der Waals surface area contributed by atoms with E-state index >= 15 is 0 Å². The van der Waals surface area contributed by atoms with Crippen molar-refractivity contribution in [3.8, 4) is 5.75 Å². The highest BCUT2D eigenvalue weighted by molar-refractivity contribution is 7.99. The number of methoxy groups -OCH3 is 1. The number of nitrogens with one attached hydrogen (secondary N) is 1. The third kappa shape index (κ3) is 4.29. The van der Waals surface area contributed by atoms with Gasteiger partial charge in [-0.25, -0.2) is 4.98 Å². The third-order valence-corrected chi connectivity index (χ3v) is 6.10. The summed E-state index contributed by atoms with van der Waals surface area (Å²) in [7, 11) is 1.59. The number of para-hydroxylation sites is 1. The van der Waals surface area contributed by atoms with Crippen LogP contribution in [-0.2, 0) is 4.79 Å². The van der Waals surface area contributed by atoms with Crippen LogP contribution in [-0.4, -0.2) is 28.3 Å². The zero-order chi connectivity index (χ0) is 20.2. The topological polar surface area (TPSA) is 73.2 Å². The van der Waals surface area contributed by atoms with Gasteiger partial charge in [0.1, 0.15) is 5.75 Å². The molecule has 1 N–H and O–H groups in total. The summed E-state index contributed by atoms with van der Waals surface area (Å²) in [4.78, 5) is 30.3. The van der Waals surface area contributed by atoms with E-state index in [1.807, 2.05) is 42.5 Å². The van der Waals surface area contributed by atoms with Crippen LogP contribution >= 0.6 is 11.8 Å². The maximum absolute atomic E-state index is 13.1. The van der Waals surface area contributed by atoms with Gasteiger partial charge >= 0.3 is 0 Å². The lowest BCUT2D eigenvalue weighted by atomic mass is 10.2. The molecule has 0 spiro atoms. The molecule has 29 heavy (non-hydrogen) atoms. The van der Waals surface area contributed by atoms with E-state index in [1.54, 1.807) is 17.7 Å². The number of carbonyl (C=O) groups is 1. The molecule has 1 aliphatic carbocycles. The summed E-state index contributed by atoms with van der Waals surface area (Å²) in [6.07, 6.45) is 4.18. The fraction of sp³-hybridized carbons (Fsp3) is 0.318. The number of hydrogen-bond donors (Lipinski definition) is 1. The lowest BCUT2D eigenvalue weighted by molar-refractivity contribution is -0.113. The molecular formula is C22H23N3O3S. The average molecular weight is 410 g/mol. The van der Waals surface area contributed by atoms with E-state index in [0.29, 0.717) is 27.5 Å². The monoisotopic (exact) mass is 409 g/mol. The van der Waals surface area contributed by atoms with Crippen molar-refractivity contribution >= 4 is 34.3 Å². The predicted octanol–water partition coefficient (Wildman–Crippen LogP) is 4.25. The Morgan fingerprint density at radius 1 is 1.21 bits per heavy atom. The van der Waals surface area contributed by atoms with Crippen LogP contribution in [0.4, 0.5) is 5.69 Å². The lowest BCUT2D eigenvalue weighted by Crippen LogP contribution is -2.27. The number of rotatable bonds is 6. The first-order valence-corrected chi connectivity index (χ1v) is 10.7. The Morgan fingerprint density at radius 3 is 2.79 bits per heavy atom. The van der Waals surface area contributed by atoms with E-state index in [9.17, 15) is 9.59 Å². The maximum Gasteiger partial charge on any atom is 0.262 e. The number of ether oxygens (including phenoxy) is 1. The van der Waals surface area contributed by atoms with Crippen LogP contribution in [0.15, 0.2) is 58.5 Å². The molecule has 0 unspecified atom stereocenters. The summed E-state index contributed by atoms with van der Waals surface area (Å²) in [6, 6.07) is 14.8. The Hall–Kier alpha value is -2.80. The first-order chi connectivity index (χ1) is 14.2. The molecule has 1 aromatic heterocycles. The second kappa shape index (κ2) is 8.69. The zero-order valence-electron chi connectivity index (χ0n) is 16.3. The molecule has 0 radical (unpaired) electrons. The number of fused-ring (bicyclic) bond motifs is 1. The van der Waals surface area contributed by atoms with Gasteiger partial charge in [0.2, 0.25) is 5.91 Å². The molecule has 1 saturated carbocycles. The zero-order valence-corrected chi connectivity index (χ0v) is 17.1. The van der Waals surface area contributed by atoms with Crippen LogP contribution in [0.5, 0.6) is 5.75 Å². The number of amides is 1. The van der Waals surface area contributed by atoms with Crippen LogP contribution in [0.2, 0.25) is 0 Å². The molecule has 6 nitrogen and oxygen atoms in total. The summed E-state index contributed by atoms with van der Waals surface area (Å²) in [6.45, 7) is 0. The Balaban J connectivity index is 1.57. The van der Waals surface area contributed by atoms with Gasteiger partial charge in [0, 0.05) is 17.8 Å². The Labute approximate surface area is 173 Å². The molecule has 0 atom stereocenters. The summed E-state index contributed by atoms with van der Waals surface area (Å²) in [5.74, 6) is 0.708. The minimum Gasteiger partial charge on any atom is -0.497 e. The molecule has 1 aliphatic rings. The minimum absolute atomic E-state index is 0.0156. The predicted molar refractivity (Wildman–Crippen MR) is 116 cm³/mol. The van der Waals surface area contributed by atoms with Crippen LogP contribution in [0.1, 0.15) is 31.7 Å². The quantitative estimate of drug-likeness (QED) is 0.487. The summed E-state index contributed by atoms with van der Waals surface area (Å²) >= 11 is 1.31. The number of carbonyl (C=O) groups excluding carboxylic acids is 1. The van der Waals surface area contributed by atoms with E-state index in [1.165, 1.54) is 11.8 Å². The molecular weight excluding hydrogens is 386 g/mol. The molecule has 1 amide bonds. The van der Waals surface area contributed by atoms with Gasteiger partial charge in [-0.2, -0.15) is 0 Å². The molecule has 1 heterocycles. The first kappa shape index (κ1) is 19.5. The highest BCUT2D eigenvalue weighted by Crippen LogP contribution is 2.32. The number of aromatic nitrogens is 2. The van der Waals surface area contributed by atoms with Crippen LogP contribution in [0, 0.1) is 0 Å². The number of benzene rings is 2. The van der Waals surface area contributed by atoms with Gasteiger partial charge < -0.3 is 10.1 Å². The van der Waals surface area contributed by atoms with Crippen molar-refractivity contribution in [1.29, 1.82) is 0 Å². The molecule has 4 rings (SSSR count). The van der Waals surface area contributed by atoms with E-state index in [2.05, 4.69) is 5.32 Å². The Morgan fingerprint density at radius 2 is 2.00 bits per heavy atom. The van der Waals surface area contributed by atoms with Crippen LogP contribution in [0.25, 0.3) is 10.9 Å². The van der Waals surface area contributed by atoms with Gasteiger partial charge in [-0.1, -0.05) is 42.8 Å². The smallest absolute Gasteiger partial charge is 0.262 e. The molecule has 0 bridgehead atoms. The number of thioether (sulfide) groups is 1. The van der Waals surface area contributed by atoms with Crippen molar-refractivity contribution in [2.75, 3.05) is 18.2 Å². The van der Waals surface area contributed by atoms with Crippen molar-refractivity contribution in [2.24, 2.45) is 0 Å². The van der Waals surface area contributed by atoms with Crippen molar-refractivity contribution in [1.82, 2.24) is 9.55 Å². The van der Waals surface area contributed by atoms with Gasteiger partial charge in [-0.15, -0.1) is 0 Å². The highest BCUT2D eigenvalue weighted by atomic mass is 32.2. The average Bonchev–Trinajstić information content (AvgIpc) is 3.27. The van der Waals surface area contributed by atoms with E-state index in [4.69, 9.17) is 9.72 Å². The van der Waals surface area contributed by atoms with Gasteiger partial charge in [-0.3, -0.25) is 14.2 Å². The van der Waals surface area contributed by atoms with Crippen molar-refractivity contribution in [3.63, 3.8) is 0 Å². The van der Waals surface area contributed by atoms with Gasteiger partial charge in [0.25, 0.3) is 5.56 Å². The molecule has 0 saturated heterocycles. The van der Waals surface area contributed by atoms with Gasteiger partial charge in [0.05, 0.1) is 23.8 Å². The number of anilines is 1. The summed E-state index contributed by atoms with van der Waals surface area (Å²) in [5.41, 5.74) is 1.33. The van der Waals surface area contributed by atoms with E-state index in [0.717, 1.165) is 25.7 Å². The lowest BCUT2D eigenvalue weighted by Gasteiger charge is -2.18. The van der Waals surface area contributed by atoms with Gasteiger partial charge in [-0.05, 0) is 37.1 Å². The van der Waals surface area contributed by atoms with Crippen molar-refractivity contribution in [2.45, 2.75) is 36.9 Å². The largest absolute Gasteiger partial charge is 0.497 e. The van der Waals surface area contributed by atoms with Crippen molar-refractivity contribution < 1.29 is 9.53 Å². The molecule has 150 valence electrons. The first-order valence-electron chi connectivity index (χ1n) is 9.73. The van der Waals surface area contributed by atoms with Gasteiger partial charge in [0.15, 0.2) is 5.16 Å². The normalized spacial score (nSPS) is 14.2. The van der Waals surface area contributed by atoms with E-state index < -0.39 is 0 Å². The Kier molecular flexibility index (Phi) is 5.85. The SMILES string of the molecule is COc1cccc(NC(=O)CSc2nc3ccccc3c(=O)n2C2CCCC2)c1. The summed E-state index contributed by atoms with van der Waals surface area (Å²) < 4.78 is 6.99.